The number of carbonyl (C=O) groups is 2. The quantitative estimate of drug-likeness (QED) is 0.134. The van der Waals surface area contributed by atoms with Crippen LogP contribution in [0.5, 0.6) is 0 Å². The van der Waals surface area contributed by atoms with Gasteiger partial charge in [0.2, 0.25) is 13.4 Å². The van der Waals surface area contributed by atoms with E-state index in [0.29, 0.717) is 29.6 Å². The topological polar surface area (TPSA) is 185 Å². The lowest BCUT2D eigenvalue weighted by Crippen LogP contribution is -2.42. The van der Waals surface area contributed by atoms with Gasteiger partial charge in [-0.1, -0.05) is 32.1 Å². The molecule has 2 aromatic heterocycles. The van der Waals surface area contributed by atoms with Crippen LogP contribution >= 0.6 is 7.44 Å². The molecule has 3 rings (SSSR count). The van der Waals surface area contributed by atoms with Gasteiger partial charge in [-0.2, -0.15) is 9.97 Å². The maximum Gasteiger partial charge on any atom is 0.323 e. The minimum atomic E-state index is -3.59. The number of ether oxygens (including phenoxy) is 3. The average Bonchev–Trinajstić information content (AvgIpc) is 3.31. The molecule has 5 N–H and O–H groups in total. The van der Waals surface area contributed by atoms with Gasteiger partial charge in [0.25, 0.3) is 0 Å². The van der Waals surface area contributed by atoms with Gasteiger partial charge in [-0.05, 0) is 40.5 Å². The summed E-state index contributed by atoms with van der Waals surface area (Å²) in [6.45, 7) is 7.30. The average molecular weight is 597 g/mol. The van der Waals surface area contributed by atoms with Gasteiger partial charge in [0, 0.05) is 12.6 Å². The Hall–Kier alpha value is -2.80. The molecule has 41 heavy (non-hydrogen) atoms. The van der Waals surface area contributed by atoms with Gasteiger partial charge in [-0.15, -0.1) is 0 Å². The first-order valence-electron chi connectivity index (χ1n) is 14.5. The first-order chi connectivity index (χ1) is 19.7. The highest BCUT2D eigenvalue weighted by molar-refractivity contribution is 7.59. The van der Waals surface area contributed by atoms with Crippen LogP contribution in [0.4, 0.5) is 11.8 Å². The zero-order valence-corrected chi connectivity index (χ0v) is 25.5. The Morgan fingerprint density at radius 3 is 2.20 bits per heavy atom. The van der Waals surface area contributed by atoms with E-state index in [1.807, 2.05) is 0 Å². The Bertz CT molecular complexity index is 1160. The van der Waals surface area contributed by atoms with E-state index >= 15 is 0 Å². The van der Waals surface area contributed by atoms with Crippen molar-refractivity contribution >= 4 is 42.3 Å². The largest absolute Gasteiger partial charge is 0.465 e. The summed E-state index contributed by atoms with van der Waals surface area (Å²) >= 11 is 0. The first-order valence-corrected chi connectivity index (χ1v) is 16.4. The van der Waals surface area contributed by atoms with Crippen LogP contribution in [-0.4, -0.2) is 75.8 Å². The van der Waals surface area contributed by atoms with Crippen molar-refractivity contribution in [3.63, 3.8) is 0 Å². The molecule has 0 amide bonds. The van der Waals surface area contributed by atoms with E-state index in [4.69, 9.17) is 19.9 Å². The molecule has 2 atom stereocenters. The highest BCUT2D eigenvalue weighted by Crippen LogP contribution is 2.37. The van der Waals surface area contributed by atoms with Gasteiger partial charge in [-0.3, -0.25) is 14.2 Å². The molecular formula is C26H45N8O6P. The smallest absolute Gasteiger partial charge is 0.323 e. The summed E-state index contributed by atoms with van der Waals surface area (Å²) in [7, 11) is -3.59. The standard InChI is InChI=1S/C26H45N8O6P/c1-5-39-24(35)18(3)32-41(37,33-19(4)25(36)40-6-2)17-38-15-14-34-16-28-21-22(30-26(27)31-23(21)34)29-20-12-10-8-7-9-11-13-20/h16,18-20H,5-15,17H2,1-4H3,(H2,32,33,37)(H3,27,29,30,31)/t18-,19-/m0/s1. The molecule has 0 radical (unpaired) electrons. The van der Waals surface area contributed by atoms with Crippen molar-refractivity contribution in [1.29, 1.82) is 0 Å². The summed E-state index contributed by atoms with van der Waals surface area (Å²) in [5.74, 6) is -0.363. The van der Waals surface area contributed by atoms with Crippen molar-refractivity contribution in [2.75, 3.05) is 37.2 Å². The number of imidazole rings is 1. The molecule has 0 aromatic carbocycles. The third-order valence-corrected chi connectivity index (χ3v) is 8.92. The Kier molecular flexibility index (Phi) is 12.8. The van der Waals surface area contributed by atoms with Gasteiger partial charge >= 0.3 is 11.9 Å². The van der Waals surface area contributed by atoms with Crippen LogP contribution in [0, 0.1) is 0 Å². The van der Waals surface area contributed by atoms with E-state index in [1.165, 1.54) is 46.0 Å². The van der Waals surface area contributed by atoms with Gasteiger partial charge in [0.05, 0.1) is 26.1 Å². The van der Waals surface area contributed by atoms with E-state index in [1.54, 1.807) is 24.7 Å². The fourth-order valence-electron chi connectivity index (χ4n) is 4.75. The number of nitrogens with zero attached hydrogens (tertiary/aromatic N) is 4. The van der Waals surface area contributed by atoms with Crippen LogP contribution in [0.3, 0.4) is 0 Å². The molecule has 2 aromatic rings. The lowest BCUT2D eigenvalue weighted by Gasteiger charge is -2.26. The lowest BCUT2D eigenvalue weighted by molar-refractivity contribution is -0.145. The number of hydrogen-bond donors (Lipinski definition) is 4. The summed E-state index contributed by atoms with van der Waals surface area (Å²) in [5.41, 5.74) is 7.24. The molecule has 1 aliphatic rings. The second-order valence-corrected chi connectivity index (χ2v) is 12.5. The normalized spacial score (nSPS) is 16.5. The number of esters is 2. The van der Waals surface area contributed by atoms with E-state index in [2.05, 4.69) is 30.4 Å². The Balaban J connectivity index is 1.66. The number of carbonyl (C=O) groups excluding carboxylic acids is 2. The van der Waals surface area contributed by atoms with Gasteiger partial charge in [0.15, 0.2) is 17.0 Å². The number of fused-ring (bicyclic) bond motifs is 1. The van der Waals surface area contributed by atoms with Crippen LogP contribution in [-0.2, 0) is 34.9 Å². The number of nitrogens with one attached hydrogen (secondary N) is 3. The number of hydrogen-bond acceptors (Lipinski definition) is 11. The molecule has 1 aliphatic carbocycles. The number of anilines is 2. The predicted molar refractivity (Wildman–Crippen MR) is 156 cm³/mol. The van der Waals surface area contributed by atoms with Crippen molar-refractivity contribution in [3.8, 4) is 0 Å². The molecule has 230 valence electrons. The predicted octanol–water partition coefficient (Wildman–Crippen LogP) is 3.18. The second kappa shape index (κ2) is 16.0. The van der Waals surface area contributed by atoms with E-state index in [9.17, 15) is 14.2 Å². The fraction of sp³-hybridized carbons (Fsp3) is 0.731. The summed E-state index contributed by atoms with van der Waals surface area (Å²) in [6, 6.07) is -1.48. The van der Waals surface area contributed by atoms with Crippen molar-refractivity contribution in [3.05, 3.63) is 6.33 Å². The number of aromatic nitrogens is 4. The third kappa shape index (κ3) is 9.91. The van der Waals surface area contributed by atoms with Crippen LogP contribution in [0.2, 0.25) is 0 Å². The monoisotopic (exact) mass is 596 g/mol. The highest BCUT2D eigenvalue weighted by atomic mass is 31.2. The number of nitrogens with two attached hydrogens (primary N) is 1. The summed E-state index contributed by atoms with van der Waals surface area (Å²) in [5, 5.41) is 9.07. The molecular weight excluding hydrogens is 551 g/mol. The van der Waals surface area contributed by atoms with E-state index in [-0.39, 0.29) is 32.1 Å². The Labute approximate surface area is 241 Å². The van der Waals surface area contributed by atoms with E-state index in [0.717, 1.165) is 12.8 Å². The van der Waals surface area contributed by atoms with Gasteiger partial charge in [0.1, 0.15) is 18.4 Å². The summed E-state index contributed by atoms with van der Waals surface area (Å²) < 4.78 is 31.3. The minimum absolute atomic E-state index is 0.146. The molecule has 14 nitrogen and oxygen atoms in total. The van der Waals surface area contributed by atoms with Crippen molar-refractivity contribution in [2.45, 2.75) is 97.3 Å². The van der Waals surface area contributed by atoms with Crippen LogP contribution < -0.4 is 21.2 Å². The molecule has 0 bridgehead atoms. The Morgan fingerprint density at radius 2 is 1.61 bits per heavy atom. The fourth-order valence-corrected chi connectivity index (χ4v) is 6.82. The maximum absolute atomic E-state index is 13.7. The molecule has 0 aliphatic heterocycles. The summed E-state index contributed by atoms with van der Waals surface area (Å²) in [4.78, 5) is 37.7. The third-order valence-electron chi connectivity index (χ3n) is 6.76. The molecule has 0 spiro atoms. The zero-order valence-electron chi connectivity index (χ0n) is 24.6. The SMILES string of the molecule is CCOC(=O)[C@H](C)NP(=O)(COCCn1cnc2c(NC3CCCCCCC3)nc(N)nc21)N[C@@H](C)C(=O)OCC. The molecule has 0 unspecified atom stereocenters. The highest BCUT2D eigenvalue weighted by Gasteiger charge is 2.32. The lowest BCUT2D eigenvalue weighted by atomic mass is 9.97. The van der Waals surface area contributed by atoms with Crippen LogP contribution in [0.15, 0.2) is 6.33 Å². The zero-order chi connectivity index (χ0) is 29.8. The van der Waals surface area contributed by atoms with Crippen molar-refractivity contribution in [1.82, 2.24) is 29.7 Å². The van der Waals surface area contributed by atoms with E-state index < -0.39 is 31.5 Å². The molecule has 1 fully saturated rings. The molecule has 2 heterocycles. The Morgan fingerprint density at radius 1 is 1.02 bits per heavy atom. The number of nitrogen functional groups attached to an aromatic ring is 1. The number of rotatable bonds is 15. The van der Waals surface area contributed by atoms with Crippen LogP contribution in [0.1, 0.15) is 72.6 Å². The van der Waals surface area contributed by atoms with Crippen molar-refractivity contribution < 1.29 is 28.4 Å². The molecule has 0 saturated heterocycles. The molecule has 15 heteroatoms. The summed E-state index contributed by atoms with van der Waals surface area (Å²) in [6.07, 6.45) is 9.64. The van der Waals surface area contributed by atoms with Crippen LogP contribution in [0.25, 0.3) is 11.2 Å². The van der Waals surface area contributed by atoms with Gasteiger partial charge < -0.3 is 29.8 Å². The maximum atomic E-state index is 13.7. The second-order valence-electron chi connectivity index (χ2n) is 10.2. The molecule has 1 saturated carbocycles. The van der Waals surface area contributed by atoms with Crippen molar-refractivity contribution in [2.24, 2.45) is 0 Å². The minimum Gasteiger partial charge on any atom is -0.465 e. The first kappa shape index (κ1) is 32.7. The van der Waals surface area contributed by atoms with Gasteiger partial charge in [-0.25, -0.2) is 15.2 Å².